The Morgan fingerprint density at radius 1 is 1.02 bits per heavy atom. The first kappa shape index (κ1) is 40.6. The molecule has 292 valence electrons. The Hall–Kier alpha value is -4.55. The van der Waals surface area contributed by atoms with Gasteiger partial charge in [0.15, 0.2) is 11.1 Å². The van der Waals surface area contributed by atoms with Crippen molar-refractivity contribution >= 4 is 27.6 Å². The van der Waals surface area contributed by atoms with E-state index in [4.69, 9.17) is 14.2 Å². The standard InChI is InChI=1S/C37H41F3N2O11S/c1-3-16-36(17-15-21-9-6-5-7-10-21)19-26(51-35-31(45)29(43)30(44)32(52-35)33(46)47)28(34(48)53-36)25(4-2)22-11-8-12-24(18-22)42-54(49,50)27-14-13-23(20-41-27)37(38,39)40/h5-14,18,20,25,29-32,35,42-45H,3-4,15-17,19H2,1-2H3,(H,46,47)/t25-,29+,30+,31-,32+,35-,36-/m1/s1. The summed E-state index contributed by atoms with van der Waals surface area (Å²) in [6.45, 7) is 3.64. The Bertz CT molecular complexity index is 1940. The van der Waals surface area contributed by atoms with Crippen molar-refractivity contribution in [1.82, 2.24) is 4.98 Å². The predicted octanol–water partition coefficient (Wildman–Crippen LogP) is 4.68. The van der Waals surface area contributed by atoms with Crippen molar-refractivity contribution < 1.29 is 65.8 Å². The number of esters is 1. The predicted molar refractivity (Wildman–Crippen MR) is 185 cm³/mol. The van der Waals surface area contributed by atoms with E-state index in [1.807, 2.05) is 37.3 Å². The maximum Gasteiger partial charge on any atom is 0.417 e. The number of carbonyl (C=O) groups excluding carboxylic acids is 1. The number of nitrogens with one attached hydrogen (secondary N) is 1. The van der Waals surface area contributed by atoms with Crippen LogP contribution in [0.25, 0.3) is 0 Å². The molecule has 0 unspecified atom stereocenters. The monoisotopic (exact) mass is 778 g/mol. The molecule has 0 radical (unpaired) electrons. The van der Waals surface area contributed by atoms with E-state index >= 15 is 0 Å². The summed E-state index contributed by atoms with van der Waals surface area (Å²) in [6, 6.07) is 16.7. The number of nitrogens with zero attached hydrogens (tertiary/aromatic N) is 1. The van der Waals surface area contributed by atoms with E-state index in [1.54, 1.807) is 13.0 Å². The molecule has 1 aromatic heterocycles. The average molecular weight is 779 g/mol. The van der Waals surface area contributed by atoms with Crippen LogP contribution in [0.15, 0.2) is 89.3 Å². The second-order valence-electron chi connectivity index (χ2n) is 13.2. The van der Waals surface area contributed by atoms with Gasteiger partial charge in [-0.3, -0.25) is 4.72 Å². The van der Waals surface area contributed by atoms with Gasteiger partial charge in [-0.25, -0.2) is 14.6 Å². The normalized spacial score (nSPS) is 25.5. The van der Waals surface area contributed by atoms with E-state index in [1.165, 1.54) is 18.2 Å². The number of aliphatic carboxylic acids is 1. The molecule has 5 rings (SSSR count). The van der Waals surface area contributed by atoms with E-state index in [0.717, 1.165) is 11.6 Å². The van der Waals surface area contributed by atoms with Gasteiger partial charge in [-0.05, 0) is 61.1 Å². The van der Waals surface area contributed by atoms with Gasteiger partial charge in [0, 0.05) is 24.2 Å². The SMILES string of the molecule is CCC[C@@]1(CCc2ccccc2)CC(O[C@@H]2O[C@H](C(=O)O)[C@@H](O)[C@H](O)[C@H]2O)=C([C@H](CC)c2cccc(NS(=O)(=O)c3ccc(C(F)(F)F)cn3)c2)C(=O)O1. The first-order chi connectivity index (χ1) is 25.5. The molecule has 7 atom stereocenters. The lowest BCUT2D eigenvalue weighted by atomic mass is 9.79. The van der Waals surface area contributed by atoms with Crippen LogP contribution in [0.2, 0.25) is 0 Å². The molecule has 0 bridgehead atoms. The summed E-state index contributed by atoms with van der Waals surface area (Å²) >= 11 is 0. The number of aliphatic hydroxyl groups is 3. The molecular weight excluding hydrogens is 737 g/mol. The number of hydrogen-bond donors (Lipinski definition) is 5. The number of hydrogen-bond acceptors (Lipinski definition) is 11. The number of benzene rings is 2. The van der Waals surface area contributed by atoms with Gasteiger partial charge in [0.1, 0.15) is 29.7 Å². The number of rotatable bonds is 14. The van der Waals surface area contributed by atoms with Crippen LogP contribution < -0.4 is 4.72 Å². The number of cyclic esters (lactones) is 1. The number of halogens is 3. The number of pyridine rings is 1. The Balaban J connectivity index is 1.53. The van der Waals surface area contributed by atoms with Gasteiger partial charge in [0.2, 0.25) is 6.29 Å². The van der Waals surface area contributed by atoms with Crippen LogP contribution in [-0.4, -0.2) is 82.1 Å². The number of sulfonamides is 1. The zero-order valence-electron chi connectivity index (χ0n) is 29.3. The molecule has 3 heterocycles. The topological polar surface area (TPSA) is 202 Å². The largest absolute Gasteiger partial charge is 0.479 e. The van der Waals surface area contributed by atoms with E-state index in [2.05, 4.69) is 9.71 Å². The highest BCUT2D eigenvalue weighted by molar-refractivity contribution is 7.92. The fourth-order valence-corrected chi connectivity index (χ4v) is 7.72. The summed E-state index contributed by atoms with van der Waals surface area (Å²) in [6.07, 6.45) is -12.0. The molecule has 3 aromatic rings. The maximum absolute atomic E-state index is 14.2. The Morgan fingerprint density at radius 3 is 2.35 bits per heavy atom. The molecule has 5 N–H and O–H groups in total. The third-order valence-electron chi connectivity index (χ3n) is 9.44. The van der Waals surface area contributed by atoms with Crippen LogP contribution in [0.4, 0.5) is 18.9 Å². The number of carboxylic acids is 1. The Morgan fingerprint density at radius 2 is 1.74 bits per heavy atom. The first-order valence-corrected chi connectivity index (χ1v) is 18.7. The van der Waals surface area contributed by atoms with Crippen LogP contribution in [0.3, 0.4) is 0 Å². The van der Waals surface area contributed by atoms with Crippen LogP contribution in [0.5, 0.6) is 0 Å². The molecular formula is C37H41F3N2O11S. The van der Waals surface area contributed by atoms with Gasteiger partial charge in [0.05, 0.1) is 11.1 Å². The lowest BCUT2D eigenvalue weighted by Gasteiger charge is -2.43. The van der Waals surface area contributed by atoms with Crippen molar-refractivity contribution in [3.05, 3.63) is 101 Å². The first-order valence-electron chi connectivity index (χ1n) is 17.2. The summed E-state index contributed by atoms with van der Waals surface area (Å²) in [4.78, 5) is 29.6. The number of carboxylic acid groups (broad SMARTS) is 1. The Labute approximate surface area is 309 Å². The summed E-state index contributed by atoms with van der Waals surface area (Å²) in [7, 11) is -4.46. The quantitative estimate of drug-likeness (QED) is 0.142. The molecule has 0 aliphatic carbocycles. The van der Waals surface area contributed by atoms with Gasteiger partial charge >= 0.3 is 18.1 Å². The van der Waals surface area contributed by atoms with Gasteiger partial charge in [-0.15, -0.1) is 0 Å². The van der Waals surface area contributed by atoms with Gasteiger partial charge < -0.3 is 34.6 Å². The third kappa shape index (κ3) is 9.03. The van der Waals surface area contributed by atoms with Crippen LogP contribution in [0, 0.1) is 0 Å². The number of aliphatic hydroxyl groups excluding tert-OH is 3. The lowest BCUT2D eigenvalue weighted by molar-refractivity contribution is -0.287. The minimum absolute atomic E-state index is 0.00414. The fraction of sp³-hybridized carbons (Fsp3) is 0.432. The zero-order chi connectivity index (χ0) is 39.4. The zero-order valence-corrected chi connectivity index (χ0v) is 30.1. The molecule has 2 aliphatic rings. The summed E-state index contributed by atoms with van der Waals surface area (Å²) in [5.74, 6) is -3.28. The van der Waals surface area contributed by atoms with Crippen molar-refractivity contribution in [2.75, 3.05) is 4.72 Å². The number of aryl methyl sites for hydroxylation is 1. The highest BCUT2D eigenvalue weighted by Gasteiger charge is 2.50. The number of anilines is 1. The number of carbonyl (C=O) groups is 2. The van der Waals surface area contributed by atoms with Crippen LogP contribution in [0.1, 0.15) is 68.6 Å². The number of alkyl halides is 3. The maximum atomic E-state index is 14.2. The molecule has 0 saturated carbocycles. The molecule has 17 heteroatoms. The second kappa shape index (κ2) is 16.4. The lowest BCUT2D eigenvalue weighted by Crippen LogP contribution is -2.60. The summed E-state index contributed by atoms with van der Waals surface area (Å²) in [5.41, 5.74) is -0.909. The van der Waals surface area contributed by atoms with Gasteiger partial charge in [-0.2, -0.15) is 21.6 Å². The molecule has 2 aliphatic heterocycles. The molecule has 1 fully saturated rings. The highest BCUT2D eigenvalue weighted by Crippen LogP contribution is 2.44. The fourth-order valence-electron chi connectivity index (χ4n) is 6.74. The third-order valence-corrected chi connectivity index (χ3v) is 10.7. The summed E-state index contributed by atoms with van der Waals surface area (Å²) in [5, 5.41) is 40.6. The molecule has 54 heavy (non-hydrogen) atoms. The van der Waals surface area contributed by atoms with E-state index < -0.39 is 81.0 Å². The highest BCUT2D eigenvalue weighted by atomic mass is 32.2. The van der Waals surface area contributed by atoms with Crippen molar-refractivity contribution in [3.8, 4) is 0 Å². The van der Waals surface area contributed by atoms with E-state index in [9.17, 15) is 51.6 Å². The molecule has 2 aromatic carbocycles. The van der Waals surface area contributed by atoms with Crippen molar-refractivity contribution in [2.24, 2.45) is 0 Å². The van der Waals surface area contributed by atoms with Crippen molar-refractivity contribution in [1.29, 1.82) is 0 Å². The molecule has 0 amide bonds. The minimum Gasteiger partial charge on any atom is -0.479 e. The smallest absolute Gasteiger partial charge is 0.417 e. The average Bonchev–Trinajstić information content (AvgIpc) is 3.12. The van der Waals surface area contributed by atoms with Gasteiger partial charge in [-0.1, -0.05) is 62.7 Å². The van der Waals surface area contributed by atoms with E-state index in [-0.39, 0.29) is 29.9 Å². The van der Waals surface area contributed by atoms with Crippen LogP contribution in [-0.2, 0) is 46.4 Å². The summed E-state index contributed by atoms with van der Waals surface area (Å²) < 4.78 is 85.5. The van der Waals surface area contributed by atoms with Crippen molar-refractivity contribution in [3.63, 3.8) is 0 Å². The van der Waals surface area contributed by atoms with Gasteiger partial charge in [0.25, 0.3) is 10.0 Å². The minimum atomic E-state index is -4.72. The van der Waals surface area contributed by atoms with Crippen LogP contribution >= 0.6 is 0 Å². The number of ether oxygens (including phenoxy) is 3. The second-order valence-corrected chi connectivity index (χ2v) is 14.9. The molecule has 0 spiro atoms. The molecule has 13 nitrogen and oxygen atoms in total. The number of aromatic nitrogens is 1. The Kier molecular flexibility index (Phi) is 12.4. The molecule has 1 saturated heterocycles. The van der Waals surface area contributed by atoms with E-state index in [0.29, 0.717) is 43.5 Å². The van der Waals surface area contributed by atoms with Crippen molar-refractivity contribution in [2.45, 2.75) is 106 Å².